The Hall–Kier alpha value is -1.16. The van der Waals surface area contributed by atoms with Crippen molar-refractivity contribution in [2.24, 2.45) is 11.7 Å². The molecule has 16 heavy (non-hydrogen) atoms. The minimum Gasteiger partial charge on any atom is -0.352 e. The topological polar surface area (TPSA) is 55.0 Å². The summed E-state index contributed by atoms with van der Waals surface area (Å²) in [6.07, 6.45) is 6.17. The fourth-order valence-electron chi connectivity index (χ4n) is 2.21. The van der Waals surface area contributed by atoms with Crippen molar-refractivity contribution in [2.45, 2.75) is 39.3 Å². The third-order valence-electron chi connectivity index (χ3n) is 3.31. The van der Waals surface area contributed by atoms with Crippen molar-refractivity contribution >= 4 is 5.82 Å². The van der Waals surface area contributed by atoms with Gasteiger partial charge in [0.1, 0.15) is 5.82 Å². The van der Waals surface area contributed by atoms with Gasteiger partial charge in [-0.25, -0.2) is 4.98 Å². The lowest BCUT2D eigenvalue weighted by atomic mass is 9.95. The molecule has 2 atom stereocenters. The zero-order valence-electron chi connectivity index (χ0n) is 10.1. The summed E-state index contributed by atoms with van der Waals surface area (Å²) in [5, 5.41) is 0. The Morgan fingerprint density at radius 1 is 1.31 bits per heavy atom. The molecule has 88 valence electrons. The van der Waals surface area contributed by atoms with Crippen molar-refractivity contribution in [2.75, 3.05) is 11.4 Å². The summed E-state index contributed by atoms with van der Waals surface area (Å²) >= 11 is 0. The Balaban J connectivity index is 2.15. The number of hydrogen-bond donors (Lipinski definition) is 1. The lowest BCUT2D eigenvalue weighted by Gasteiger charge is -2.37. The van der Waals surface area contributed by atoms with E-state index in [1.54, 1.807) is 6.20 Å². The third-order valence-corrected chi connectivity index (χ3v) is 3.31. The molecule has 2 rings (SSSR count). The Kier molecular flexibility index (Phi) is 3.39. The van der Waals surface area contributed by atoms with Gasteiger partial charge in [0, 0.05) is 19.1 Å². The zero-order chi connectivity index (χ0) is 11.5. The van der Waals surface area contributed by atoms with Gasteiger partial charge in [-0.15, -0.1) is 0 Å². The summed E-state index contributed by atoms with van der Waals surface area (Å²) in [5.41, 5.74) is 6.36. The summed E-state index contributed by atoms with van der Waals surface area (Å²) in [6, 6.07) is 0.564. The number of rotatable bonds is 2. The first-order chi connectivity index (χ1) is 7.70. The van der Waals surface area contributed by atoms with Crippen molar-refractivity contribution in [3.05, 3.63) is 18.1 Å². The molecule has 4 nitrogen and oxygen atoms in total. The van der Waals surface area contributed by atoms with E-state index in [1.807, 2.05) is 6.20 Å². The van der Waals surface area contributed by atoms with Crippen molar-refractivity contribution in [3.8, 4) is 0 Å². The van der Waals surface area contributed by atoms with Gasteiger partial charge in [0.25, 0.3) is 0 Å². The molecule has 1 aromatic heterocycles. The van der Waals surface area contributed by atoms with Gasteiger partial charge in [-0.05, 0) is 25.7 Å². The molecule has 4 heteroatoms. The van der Waals surface area contributed by atoms with E-state index in [4.69, 9.17) is 5.73 Å². The standard InChI is InChI=1S/C12H20N4/c1-9-3-4-10(2)16(8-9)12-7-14-11(5-13)6-15-12/h6-7,9-10H,3-5,8,13H2,1-2H3. The Bertz CT molecular complexity index is 335. The van der Waals surface area contributed by atoms with E-state index in [0.29, 0.717) is 12.6 Å². The number of piperidine rings is 1. The lowest BCUT2D eigenvalue weighted by molar-refractivity contribution is 0.388. The molecule has 0 amide bonds. The predicted octanol–water partition coefficient (Wildman–Crippen LogP) is 1.56. The molecular formula is C12H20N4. The quantitative estimate of drug-likeness (QED) is 0.821. The predicted molar refractivity (Wildman–Crippen MR) is 65.1 cm³/mol. The molecular weight excluding hydrogens is 200 g/mol. The summed E-state index contributed by atoms with van der Waals surface area (Å²) < 4.78 is 0. The van der Waals surface area contributed by atoms with Crippen LogP contribution in [0.1, 0.15) is 32.4 Å². The minimum absolute atomic E-state index is 0.458. The highest BCUT2D eigenvalue weighted by Gasteiger charge is 2.23. The number of nitrogens with two attached hydrogens (primary N) is 1. The molecule has 2 heterocycles. The van der Waals surface area contributed by atoms with E-state index >= 15 is 0 Å². The van der Waals surface area contributed by atoms with Gasteiger partial charge in [0.2, 0.25) is 0 Å². The first-order valence-electron chi connectivity index (χ1n) is 5.98. The monoisotopic (exact) mass is 220 g/mol. The first kappa shape index (κ1) is 11.3. The molecule has 1 fully saturated rings. The van der Waals surface area contributed by atoms with Gasteiger partial charge in [0.05, 0.1) is 18.1 Å². The third kappa shape index (κ3) is 2.32. The Labute approximate surface area is 96.9 Å². The van der Waals surface area contributed by atoms with Crippen LogP contribution in [0.25, 0.3) is 0 Å². The fourth-order valence-corrected chi connectivity index (χ4v) is 2.21. The molecule has 1 saturated heterocycles. The van der Waals surface area contributed by atoms with Crippen LogP contribution in [0.5, 0.6) is 0 Å². The van der Waals surface area contributed by atoms with E-state index in [-0.39, 0.29) is 0 Å². The van der Waals surface area contributed by atoms with Crippen LogP contribution in [-0.4, -0.2) is 22.6 Å². The molecule has 1 aliphatic heterocycles. The number of aromatic nitrogens is 2. The Morgan fingerprint density at radius 3 is 2.75 bits per heavy atom. The second-order valence-electron chi connectivity index (χ2n) is 4.75. The summed E-state index contributed by atoms with van der Waals surface area (Å²) in [6.45, 7) is 6.09. The second-order valence-corrected chi connectivity index (χ2v) is 4.75. The van der Waals surface area contributed by atoms with Gasteiger partial charge >= 0.3 is 0 Å². The SMILES string of the molecule is CC1CCC(C)N(c2cnc(CN)cn2)C1. The summed E-state index contributed by atoms with van der Waals surface area (Å²) in [7, 11) is 0. The van der Waals surface area contributed by atoms with E-state index in [1.165, 1.54) is 12.8 Å². The second kappa shape index (κ2) is 4.78. The smallest absolute Gasteiger partial charge is 0.147 e. The maximum Gasteiger partial charge on any atom is 0.147 e. The van der Waals surface area contributed by atoms with Gasteiger partial charge in [-0.2, -0.15) is 0 Å². The summed E-state index contributed by atoms with van der Waals surface area (Å²) in [5.74, 6) is 1.73. The van der Waals surface area contributed by atoms with Crippen LogP contribution in [0.15, 0.2) is 12.4 Å². The highest BCUT2D eigenvalue weighted by Crippen LogP contribution is 2.25. The number of nitrogens with zero attached hydrogens (tertiary/aromatic N) is 3. The van der Waals surface area contributed by atoms with Gasteiger partial charge in [0.15, 0.2) is 0 Å². The maximum atomic E-state index is 5.51. The molecule has 0 radical (unpaired) electrons. The molecule has 0 aliphatic carbocycles. The maximum absolute atomic E-state index is 5.51. The number of hydrogen-bond acceptors (Lipinski definition) is 4. The molecule has 0 aromatic carbocycles. The molecule has 2 N–H and O–H groups in total. The van der Waals surface area contributed by atoms with E-state index in [0.717, 1.165) is 24.0 Å². The van der Waals surface area contributed by atoms with Gasteiger partial charge < -0.3 is 10.6 Å². The van der Waals surface area contributed by atoms with E-state index in [2.05, 4.69) is 28.7 Å². The average molecular weight is 220 g/mol. The highest BCUT2D eigenvalue weighted by molar-refractivity contribution is 5.37. The van der Waals surface area contributed by atoms with Crippen molar-refractivity contribution in [1.29, 1.82) is 0 Å². The number of anilines is 1. The lowest BCUT2D eigenvalue weighted by Crippen LogP contribution is -2.41. The largest absolute Gasteiger partial charge is 0.352 e. The minimum atomic E-state index is 0.458. The molecule has 0 spiro atoms. The van der Waals surface area contributed by atoms with Crippen LogP contribution in [-0.2, 0) is 6.54 Å². The van der Waals surface area contributed by atoms with Crippen LogP contribution in [0.3, 0.4) is 0 Å². The molecule has 0 bridgehead atoms. The molecule has 0 saturated carbocycles. The normalized spacial score (nSPS) is 25.8. The molecule has 1 aliphatic rings. The van der Waals surface area contributed by atoms with Crippen LogP contribution in [0, 0.1) is 5.92 Å². The summed E-state index contributed by atoms with van der Waals surface area (Å²) in [4.78, 5) is 11.1. The average Bonchev–Trinajstić information content (AvgIpc) is 2.32. The van der Waals surface area contributed by atoms with E-state index < -0.39 is 0 Å². The van der Waals surface area contributed by atoms with Gasteiger partial charge in [-0.3, -0.25) is 4.98 Å². The zero-order valence-corrected chi connectivity index (χ0v) is 10.1. The van der Waals surface area contributed by atoms with Crippen LogP contribution < -0.4 is 10.6 Å². The Morgan fingerprint density at radius 2 is 2.12 bits per heavy atom. The van der Waals surface area contributed by atoms with E-state index in [9.17, 15) is 0 Å². The van der Waals surface area contributed by atoms with Crippen molar-refractivity contribution in [3.63, 3.8) is 0 Å². The van der Waals surface area contributed by atoms with Crippen molar-refractivity contribution < 1.29 is 0 Å². The van der Waals surface area contributed by atoms with Crippen molar-refractivity contribution in [1.82, 2.24) is 9.97 Å². The molecule has 1 aromatic rings. The van der Waals surface area contributed by atoms with Crippen LogP contribution >= 0.6 is 0 Å². The van der Waals surface area contributed by atoms with Crippen LogP contribution in [0.4, 0.5) is 5.82 Å². The fraction of sp³-hybridized carbons (Fsp3) is 0.667. The van der Waals surface area contributed by atoms with Gasteiger partial charge in [-0.1, -0.05) is 6.92 Å². The first-order valence-corrected chi connectivity index (χ1v) is 5.98. The van der Waals surface area contributed by atoms with Crippen LogP contribution in [0.2, 0.25) is 0 Å². The highest BCUT2D eigenvalue weighted by atomic mass is 15.2. The molecule has 2 unspecified atom stereocenters.